The van der Waals surface area contributed by atoms with E-state index in [0.717, 1.165) is 28.8 Å². The van der Waals surface area contributed by atoms with E-state index < -0.39 is 10.0 Å². The number of hydrogen-bond acceptors (Lipinski definition) is 4. The van der Waals surface area contributed by atoms with E-state index in [1.807, 2.05) is 48.5 Å². The van der Waals surface area contributed by atoms with E-state index in [2.05, 4.69) is 29.1 Å². The Morgan fingerprint density at radius 1 is 0.971 bits per heavy atom. The SMILES string of the molecule is C[C@H]1C[C@H](C)CN(S(=O)(=O)c2ccc(C(=O)Nc3cccc(-c4nc5ccccc5[nH]4)c3)cc2)C1. The molecule has 35 heavy (non-hydrogen) atoms. The van der Waals surface area contributed by atoms with Crippen molar-refractivity contribution in [3.63, 3.8) is 0 Å². The van der Waals surface area contributed by atoms with Crippen LogP contribution in [-0.2, 0) is 10.0 Å². The van der Waals surface area contributed by atoms with Crippen LogP contribution in [0.5, 0.6) is 0 Å². The van der Waals surface area contributed by atoms with Crippen LogP contribution in [0.1, 0.15) is 30.6 Å². The van der Waals surface area contributed by atoms with Crippen molar-refractivity contribution >= 4 is 32.7 Å². The third-order valence-corrected chi connectivity index (χ3v) is 8.22. The smallest absolute Gasteiger partial charge is 0.255 e. The molecule has 2 heterocycles. The maximum Gasteiger partial charge on any atom is 0.255 e. The molecule has 1 amide bonds. The molecule has 1 fully saturated rings. The second kappa shape index (κ2) is 9.28. The van der Waals surface area contributed by atoms with E-state index in [0.29, 0.717) is 36.2 Å². The highest BCUT2D eigenvalue weighted by atomic mass is 32.2. The topological polar surface area (TPSA) is 95.2 Å². The number of anilines is 1. The minimum Gasteiger partial charge on any atom is -0.338 e. The fourth-order valence-electron chi connectivity index (χ4n) is 4.77. The fraction of sp³-hybridized carbons (Fsp3) is 0.259. The molecule has 5 rings (SSSR count). The van der Waals surface area contributed by atoms with Gasteiger partial charge in [0, 0.05) is 29.9 Å². The molecule has 0 saturated carbocycles. The Morgan fingerprint density at radius 3 is 2.40 bits per heavy atom. The number of aromatic amines is 1. The molecule has 180 valence electrons. The standard InChI is InChI=1S/C27H28N4O3S/c1-18-14-19(2)17-31(16-18)35(33,34)23-12-10-20(11-13-23)27(32)28-22-7-5-6-21(15-22)26-29-24-8-3-4-9-25(24)30-26/h3-13,15,18-19H,14,16-17H2,1-2H3,(H,28,32)(H,29,30)/t18-,19-/m0/s1. The van der Waals surface area contributed by atoms with Crippen LogP contribution < -0.4 is 5.32 Å². The first-order valence-electron chi connectivity index (χ1n) is 11.8. The summed E-state index contributed by atoms with van der Waals surface area (Å²) < 4.78 is 27.8. The largest absolute Gasteiger partial charge is 0.338 e. The molecule has 1 aromatic heterocycles. The summed E-state index contributed by atoms with van der Waals surface area (Å²) in [5.41, 5.74) is 3.69. The number of nitrogens with zero attached hydrogens (tertiary/aromatic N) is 2. The first kappa shape index (κ1) is 23.3. The number of nitrogens with one attached hydrogen (secondary N) is 2. The van der Waals surface area contributed by atoms with Gasteiger partial charge >= 0.3 is 0 Å². The Bertz CT molecular complexity index is 1430. The molecule has 2 atom stereocenters. The van der Waals surface area contributed by atoms with Crippen molar-refractivity contribution in [1.29, 1.82) is 0 Å². The lowest BCUT2D eigenvalue weighted by Crippen LogP contribution is -2.42. The van der Waals surface area contributed by atoms with E-state index in [1.165, 1.54) is 12.1 Å². The molecule has 0 bridgehead atoms. The van der Waals surface area contributed by atoms with Gasteiger partial charge in [0.15, 0.2) is 0 Å². The molecular weight excluding hydrogens is 460 g/mol. The molecule has 1 aliphatic rings. The number of fused-ring (bicyclic) bond motifs is 1. The van der Waals surface area contributed by atoms with E-state index in [4.69, 9.17) is 0 Å². The zero-order valence-corrected chi connectivity index (χ0v) is 20.5. The van der Waals surface area contributed by atoms with Crippen LogP contribution in [0.2, 0.25) is 0 Å². The van der Waals surface area contributed by atoms with Crippen molar-refractivity contribution in [2.75, 3.05) is 18.4 Å². The molecule has 0 radical (unpaired) electrons. The van der Waals surface area contributed by atoms with Crippen LogP contribution in [0.3, 0.4) is 0 Å². The van der Waals surface area contributed by atoms with Gasteiger partial charge in [0.1, 0.15) is 5.82 Å². The normalized spacial score (nSPS) is 19.0. The molecule has 0 unspecified atom stereocenters. The highest BCUT2D eigenvalue weighted by molar-refractivity contribution is 7.89. The van der Waals surface area contributed by atoms with Crippen molar-refractivity contribution in [3.8, 4) is 11.4 Å². The van der Waals surface area contributed by atoms with Gasteiger partial charge in [0.05, 0.1) is 15.9 Å². The van der Waals surface area contributed by atoms with Crippen LogP contribution in [0.4, 0.5) is 5.69 Å². The number of rotatable bonds is 5. The summed E-state index contributed by atoms with van der Waals surface area (Å²) in [6, 6.07) is 21.4. The third kappa shape index (κ3) is 4.85. The lowest BCUT2D eigenvalue weighted by molar-refractivity contribution is 0.102. The summed E-state index contributed by atoms with van der Waals surface area (Å²) in [5.74, 6) is 1.07. The van der Waals surface area contributed by atoms with Gasteiger partial charge in [-0.15, -0.1) is 0 Å². The maximum atomic E-state index is 13.1. The number of sulfonamides is 1. The molecule has 2 N–H and O–H groups in total. The highest BCUT2D eigenvalue weighted by Crippen LogP contribution is 2.27. The number of carbonyl (C=O) groups is 1. The Kier molecular flexibility index (Phi) is 6.17. The van der Waals surface area contributed by atoms with Gasteiger partial charge < -0.3 is 10.3 Å². The van der Waals surface area contributed by atoms with Crippen LogP contribution in [-0.4, -0.2) is 41.7 Å². The average molecular weight is 489 g/mol. The zero-order chi connectivity index (χ0) is 24.6. The van der Waals surface area contributed by atoms with Crippen molar-refractivity contribution in [1.82, 2.24) is 14.3 Å². The number of H-pyrrole nitrogens is 1. The van der Waals surface area contributed by atoms with E-state index in [1.54, 1.807) is 16.4 Å². The third-order valence-electron chi connectivity index (χ3n) is 6.37. The van der Waals surface area contributed by atoms with Crippen molar-refractivity contribution < 1.29 is 13.2 Å². The molecule has 8 heteroatoms. The minimum absolute atomic E-state index is 0.210. The lowest BCUT2D eigenvalue weighted by Gasteiger charge is -2.34. The number of hydrogen-bond donors (Lipinski definition) is 2. The number of amides is 1. The molecular formula is C27H28N4O3S. The van der Waals surface area contributed by atoms with Gasteiger partial charge in [-0.05, 0) is 66.8 Å². The van der Waals surface area contributed by atoms with Gasteiger partial charge in [-0.3, -0.25) is 4.79 Å². The summed E-state index contributed by atoms with van der Waals surface area (Å²) >= 11 is 0. The van der Waals surface area contributed by atoms with Gasteiger partial charge in [0.2, 0.25) is 10.0 Å². The predicted octanol–water partition coefficient (Wildman–Crippen LogP) is 5.15. The number of imidazole rings is 1. The summed E-state index contributed by atoms with van der Waals surface area (Å²) in [5, 5.41) is 2.89. The van der Waals surface area contributed by atoms with E-state index >= 15 is 0 Å². The number of carbonyl (C=O) groups excluding carboxylic acids is 1. The number of para-hydroxylation sites is 2. The summed E-state index contributed by atoms with van der Waals surface area (Å²) in [4.78, 5) is 21.0. The second-order valence-electron chi connectivity index (χ2n) is 9.43. The van der Waals surface area contributed by atoms with Crippen molar-refractivity contribution in [2.24, 2.45) is 11.8 Å². The van der Waals surface area contributed by atoms with Crippen molar-refractivity contribution in [2.45, 2.75) is 25.2 Å². The van der Waals surface area contributed by atoms with E-state index in [9.17, 15) is 13.2 Å². The first-order chi connectivity index (χ1) is 16.8. The monoisotopic (exact) mass is 488 g/mol. The zero-order valence-electron chi connectivity index (χ0n) is 19.7. The molecule has 1 aliphatic heterocycles. The predicted molar refractivity (Wildman–Crippen MR) is 138 cm³/mol. The molecule has 7 nitrogen and oxygen atoms in total. The average Bonchev–Trinajstić information content (AvgIpc) is 3.28. The van der Waals surface area contributed by atoms with Crippen LogP contribution in [0.25, 0.3) is 22.4 Å². The molecule has 4 aromatic rings. The maximum absolute atomic E-state index is 13.1. The second-order valence-corrected chi connectivity index (χ2v) is 11.4. The van der Waals surface area contributed by atoms with Gasteiger partial charge in [0.25, 0.3) is 5.91 Å². The Balaban J connectivity index is 1.31. The minimum atomic E-state index is -3.59. The van der Waals surface area contributed by atoms with Crippen molar-refractivity contribution in [3.05, 3.63) is 78.4 Å². The highest BCUT2D eigenvalue weighted by Gasteiger charge is 2.31. The molecule has 1 saturated heterocycles. The van der Waals surface area contributed by atoms with Gasteiger partial charge in [-0.25, -0.2) is 13.4 Å². The van der Waals surface area contributed by atoms with Gasteiger partial charge in [-0.2, -0.15) is 4.31 Å². The number of aromatic nitrogens is 2. The fourth-order valence-corrected chi connectivity index (χ4v) is 6.45. The summed E-state index contributed by atoms with van der Waals surface area (Å²) in [6.07, 6.45) is 1.03. The molecule has 3 aromatic carbocycles. The quantitative estimate of drug-likeness (QED) is 0.406. The number of piperidine rings is 1. The van der Waals surface area contributed by atoms with Gasteiger partial charge in [-0.1, -0.05) is 38.1 Å². The first-order valence-corrected chi connectivity index (χ1v) is 13.2. The summed E-state index contributed by atoms with van der Waals surface area (Å²) in [7, 11) is -3.59. The Labute approximate surface area is 205 Å². The Hall–Kier alpha value is -3.49. The van der Waals surface area contributed by atoms with Crippen LogP contribution in [0.15, 0.2) is 77.7 Å². The van der Waals surface area contributed by atoms with Crippen LogP contribution in [0, 0.1) is 11.8 Å². The molecule has 0 spiro atoms. The lowest BCUT2D eigenvalue weighted by atomic mass is 9.94. The van der Waals surface area contributed by atoms with Crippen LogP contribution >= 0.6 is 0 Å². The van der Waals surface area contributed by atoms with E-state index in [-0.39, 0.29) is 10.8 Å². The number of benzene rings is 3. The summed E-state index contributed by atoms with van der Waals surface area (Å²) in [6.45, 7) is 5.20. The Morgan fingerprint density at radius 2 is 1.69 bits per heavy atom. The molecule has 0 aliphatic carbocycles.